The van der Waals surface area contributed by atoms with Gasteiger partial charge in [-0.2, -0.15) is 5.10 Å². The van der Waals surface area contributed by atoms with Gasteiger partial charge in [-0.25, -0.2) is 0 Å². The zero-order valence-electron chi connectivity index (χ0n) is 16.5. The Morgan fingerprint density at radius 2 is 2.11 bits per heavy atom. The lowest BCUT2D eigenvalue weighted by atomic mass is 10.0. The van der Waals surface area contributed by atoms with Crippen LogP contribution in [-0.4, -0.2) is 28.1 Å². The molecule has 0 saturated carbocycles. The predicted octanol–water partition coefficient (Wildman–Crippen LogP) is 3.30. The van der Waals surface area contributed by atoms with E-state index in [9.17, 15) is 9.59 Å². The molecule has 144 valence electrons. The molecule has 1 aliphatic rings. The molecule has 0 saturated heterocycles. The van der Waals surface area contributed by atoms with Crippen LogP contribution in [0.1, 0.15) is 65.6 Å². The zero-order valence-corrected chi connectivity index (χ0v) is 16.5. The van der Waals surface area contributed by atoms with E-state index in [0.29, 0.717) is 24.2 Å². The Morgan fingerprint density at radius 3 is 2.81 bits per heavy atom. The topological polar surface area (TPSA) is 73.2 Å². The Morgan fingerprint density at radius 1 is 1.33 bits per heavy atom. The van der Waals surface area contributed by atoms with Crippen molar-refractivity contribution < 1.29 is 14.3 Å². The van der Waals surface area contributed by atoms with Gasteiger partial charge in [-0.1, -0.05) is 12.1 Å². The SMILES string of the molecule is CC(=O)c1c(C)nn([C@@H](C)CC(=O)NCc2ccc3c(c2)CCCO3)c1C. The average Bonchev–Trinajstić information content (AvgIpc) is 2.94. The van der Waals surface area contributed by atoms with Gasteiger partial charge in [0.2, 0.25) is 5.91 Å². The van der Waals surface area contributed by atoms with Crippen LogP contribution in [0.25, 0.3) is 0 Å². The average molecular weight is 369 g/mol. The van der Waals surface area contributed by atoms with Gasteiger partial charge in [-0.15, -0.1) is 0 Å². The summed E-state index contributed by atoms with van der Waals surface area (Å²) in [4.78, 5) is 24.1. The van der Waals surface area contributed by atoms with E-state index < -0.39 is 0 Å². The Labute approximate surface area is 159 Å². The van der Waals surface area contributed by atoms with Crippen LogP contribution >= 0.6 is 0 Å². The fourth-order valence-corrected chi connectivity index (χ4v) is 3.75. The molecule has 1 atom stereocenters. The van der Waals surface area contributed by atoms with Crippen molar-refractivity contribution in [2.45, 2.75) is 59.5 Å². The van der Waals surface area contributed by atoms with E-state index in [1.807, 2.05) is 32.9 Å². The number of aromatic nitrogens is 2. The minimum Gasteiger partial charge on any atom is -0.493 e. The number of ether oxygens (including phenoxy) is 1. The van der Waals surface area contributed by atoms with Gasteiger partial charge in [0.25, 0.3) is 0 Å². The molecule has 1 N–H and O–H groups in total. The monoisotopic (exact) mass is 369 g/mol. The molecule has 2 aromatic rings. The maximum absolute atomic E-state index is 12.4. The third-order valence-corrected chi connectivity index (χ3v) is 5.04. The van der Waals surface area contributed by atoms with E-state index in [0.717, 1.165) is 36.5 Å². The first-order valence-corrected chi connectivity index (χ1v) is 9.44. The van der Waals surface area contributed by atoms with E-state index >= 15 is 0 Å². The second kappa shape index (κ2) is 7.94. The van der Waals surface area contributed by atoms with Gasteiger partial charge < -0.3 is 10.1 Å². The molecule has 0 radical (unpaired) electrons. The molecule has 0 unspecified atom stereocenters. The summed E-state index contributed by atoms with van der Waals surface area (Å²) in [6, 6.07) is 5.97. The lowest BCUT2D eigenvalue weighted by molar-refractivity contribution is -0.122. The maximum Gasteiger partial charge on any atom is 0.222 e. The normalized spacial score (nSPS) is 14.2. The quantitative estimate of drug-likeness (QED) is 0.793. The number of amides is 1. The molecule has 27 heavy (non-hydrogen) atoms. The predicted molar refractivity (Wildman–Crippen MR) is 103 cm³/mol. The van der Waals surface area contributed by atoms with Crippen molar-refractivity contribution in [2.75, 3.05) is 6.61 Å². The van der Waals surface area contributed by atoms with E-state index in [1.54, 1.807) is 11.6 Å². The summed E-state index contributed by atoms with van der Waals surface area (Å²) in [6.07, 6.45) is 2.36. The fraction of sp³-hybridized carbons (Fsp3) is 0.476. The number of rotatable bonds is 6. The van der Waals surface area contributed by atoms with E-state index in [4.69, 9.17) is 4.74 Å². The lowest BCUT2D eigenvalue weighted by Gasteiger charge is -2.18. The number of hydrogen-bond donors (Lipinski definition) is 1. The van der Waals surface area contributed by atoms with Crippen molar-refractivity contribution in [1.29, 1.82) is 0 Å². The second-order valence-electron chi connectivity index (χ2n) is 7.27. The highest BCUT2D eigenvalue weighted by molar-refractivity contribution is 5.96. The molecule has 0 fully saturated rings. The first-order chi connectivity index (χ1) is 12.9. The number of carbonyl (C=O) groups excluding carboxylic acids is 2. The standard InChI is InChI=1S/C21H27N3O3/c1-13(24-15(3)21(16(4)25)14(2)23-24)10-20(26)22-12-17-7-8-19-18(11-17)6-5-9-27-19/h7-8,11,13H,5-6,9-10,12H2,1-4H3,(H,22,26)/t13-/m0/s1. The third-order valence-electron chi connectivity index (χ3n) is 5.04. The van der Waals surface area contributed by atoms with Gasteiger partial charge in [0.15, 0.2) is 5.78 Å². The molecule has 6 nitrogen and oxygen atoms in total. The first kappa shape index (κ1) is 19.1. The number of nitrogens with zero attached hydrogens (tertiary/aromatic N) is 2. The molecular formula is C21H27N3O3. The van der Waals surface area contributed by atoms with Crippen LogP contribution in [0.4, 0.5) is 0 Å². The molecule has 1 aliphatic heterocycles. The minimum absolute atomic E-state index is 0.00397. The number of benzene rings is 1. The van der Waals surface area contributed by atoms with Crippen molar-refractivity contribution in [3.05, 3.63) is 46.3 Å². The number of nitrogens with one attached hydrogen (secondary N) is 1. The van der Waals surface area contributed by atoms with Crippen LogP contribution in [0, 0.1) is 13.8 Å². The van der Waals surface area contributed by atoms with Crippen LogP contribution in [0.15, 0.2) is 18.2 Å². The molecule has 1 amide bonds. The highest BCUT2D eigenvalue weighted by Crippen LogP contribution is 2.25. The first-order valence-electron chi connectivity index (χ1n) is 9.44. The van der Waals surface area contributed by atoms with Gasteiger partial charge in [0.1, 0.15) is 5.75 Å². The second-order valence-corrected chi connectivity index (χ2v) is 7.27. The fourth-order valence-electron chi connectivity index (χ4n) is 3.75. The van der Waals surface area contributed by atoms with Crippen molar-refractivity contribution in [1.82, 2.24) is 15.1 Å². The highest BCUT2D eigenvalue weighted by Gasteiger charge is 2.20. The lowest BCUT2D eigenvalue weighted by Crippen LogP contribution is -2.26. The van der Waals surface area contributed by atoms with Crippen molar-refractivity contribution in [2.24, 2.45) is 0 Å². The van der Waals surface area contributed by atoms with E-state index in [1.165, 1.54) is 5.56 Å². The number of carbonyl (C=O) groups is 2. The number of Topliss-reactive ketones (excluding diaryl/α,β-unsaturated/α-hetero) is 1. The number of ketones is 1. The molecule has 1 aromatic heterocycles. The van der Waals surface area contributed by atoms with Crippen LogP contribution < -0.4 is 10.1 Å². The summed E-state index contributed by atoms with van der Waals surface area (Å²) >= 11 is 0. The summed E-state index contributed by atoms with van der Waals surface area (Å²) in [5.41, 5.74) is 4.46. The largest absolute Gasteiger partial charge is 0.493 e. The van der Waals surface area contributed by atoms with Crippen LogP contribution in [0.3, 0.4) is 0 Å². The number of aryl methyl sites for hydroxylation is 2. The third kappa shape index (κ3) is 4.21. The van der Waals surface area contributed by atoms with Crippen LogP contribution in [-0.2, 0) is 17.8 Å². The maximum atomic E-state index is 12.4. The van der Waals surface area contributed by atoms with E-state index in [2.05, 4.69) is 16.5 Å². The highest BCUT2D eigenvalue weighted by atomic mass is 16.5. The summed E-state index contributed by atoms with van der Waals surface area (Å²) in [5, 5.41) is 7.44. The summed E-state index contributed by atoms with van der Waals surface area (Å²) in [7, 11) is 0. The Balaban J connectivity index is 1.59. The van der Waals surface area contributed by atoms with Crippen molar-refractivity contribution >= 4 is 11.7 Å². The summed E-state index contributed by atoms with van der Waals surface area (Å²) in [6.45, 7) is 8.46. The molecule has 2 heterocycles. The molecule has 6 heteroatoms. The Kier molecular flexibility index (Phi) is 5.63. The van der Waals surface area contributed by atoms with Gasteiger partial charge in [-0.3, -0.25) is 14.3 Å². The summed E-state index contributed by atoms with van der Waals surface area (Å²) < 4.78 is 7.40. The van der Waals surface area contributed by atoms with Crippen molar-refractivity contribution in [3.8, 4) is 5.75 Å². The molecule has 0 aliphatic carbocycles. The van der Waals surface area contributed by atoms with Crippen LogP contribution in [0.2, 0.25) is 0 Å². The van der Waals surface area contributed by atoms with Crippen LogP contribution in [0.5, 0.6) is 5.75 Å². The summed E-state index contributed by atoms with van der Waals surface area (Å²) in [5.74, 6) is 0.924. The Bertz CT molecular complexity index is 870. The van der Waals surface area contributed by atoms with Gasteiger partial charge in [0.05, 0.1) is 23.9 Å². The minimum atomic E-state index is -0.117. The molecule has 0 bridgehead atoms. The smallest absolute Gasteiger partial charge is 0.222 e. The number of hydrogen-bond acceptors (Lipinski definition) is 4. The van der Waals surface area contributed by atoms with E-state index in [-0.39, 0.29) is 17.7 Å². The molecule has 0 spiro atoms. The molecule has 1 aromatic carbocycles. The van der Waals surface area contributed by atoms with Gasteiger partial charge in [-0.05, 0) is 57.7 Å². The van der Waals surface area contributed by atoms with Crippen molar-refractivity contribution in [3.63, 3.8) is 0 Å². The zero-order chi connectivity index (χ0) is 19.6. The number of fused-ring (bicyclic) bond motifs is 1. The van der Waals surface area contributed by atoms with Gasteiger partial charge >= 0.3 is 0 Å². The molecule has 3 rings (SSSR count). The molecular weight excluding hydrogens is 342 g/mol. The Hall–Kier alpha value is -2.63. The van der Waals surface area contributed by atoms with Gasteiger partial charge in [0, 0.05) is 18.7 Å².